The number of benzene rings is 1. The number of rotatable bonds is 5. The molecule has 0 bridgehead atoms. The molecule has 3 aromatic rings. The second-order valence-electron chi connectivity index (χ2n) is 5.75. The first-order valence-corrected chi connectivity index (χ1v) is 7.76. The third-order valence-corrected chi connectivity index (χ3v) is 3.92. The highest BCUT2D eigenvalue weighted by Gasteiger charge is 2.13. The van der Waals surface area contributed by atoms with Crippen molar-refractivity contribution in [3.8, 4) is 5.75 Å². The minimum atomic E-state index is -0.221. The summed E-state index contributed by atoms with van der Waals surface area (Å²) in [7, 11) is 1.53. The largest absolute Gasteiger partial charge is 0.496 e. The quantitative estimate of drug-likeness (QED) is 0.697. The SMILES string of the molecule is COc1ccc(C(C)=O)cc1CC(=O)Nc1cnc2n[nH]c(C)c2c1. The number of carbonyl (C=O) groups excluding carboxylic acids is 2. The summed E-state index contributed by atoms with van der Waals surface area (Å²) < 4.78 is 5.28. The average molecular weight is 338 g/mol. The number of carbonyl (C=O) groups is 2. The molecular weight excluding hydrogens is 320 g/mol. The molecule has 25 heavy (non-hydrogen) atoms. The molecule has 128 valence electrons. The number of aryl methyl sites for hydroxylation is 1. The lowest BCUT2D eigenvalue weighted by atomic mass is 10.0. The predicted molar refractivity (Wildman–Crippen MR) is 94.0 cm³/mol. The zero-order valence-electron chi connectivity index (χ0n) is 14.2. The maximum Gasteiger partial charge on any atom is 0.228 e. The van der Waals surface area contributed by atoms with E-state index in [-0.39, 0.29) is 18.1 Å². The number of ether oxygens (including phenoxy) is 1. The second kappa shape index (κ2) is 6.72. The molecule has 2 N–H and O–H groups in total. The molecule has 0 saturated carbocycles. The van der Waals surface area contributed by atoms with E-state index < -0.39 is 0 Å². The van der Waals surface area contributed by atoms with Crippen LogP contribution in [0.2, 0.25) is 0 Å². The summed E-state index contributed by atoms with van der Waals surface area (Å²) in [6, 6.07) is 6.88. The number of aromatic amines is 1. The van der Waals surface area contributed by atoms with Crippen LogP contribution in [-0.2, 0) is 11.2 Å². The molecule has 7 heteroatoms. The highest BCUT2D eigenvalue weighted by Crippen LogP contribution is 2.22. The first kappa shape index (κ1) is 16.6. The Balaban J connectivity index is 1.80. The molecule has 3 rings (SSSR count). The molecule has 2 heterocycles. The summed E-state index contributed by atoms with van der Waals surface area (Å²) in [5.74, 6) is 0.287. The van der Waals surface area contributed by atoms with Crippen molar-refractivity contribution in [2.45, 2.75) is 20.3 Å². The number of pyridine rings is 1. The highest BCUT2D eigenvalue weighted by molar-refractivity contribution is 5.96. The summed E-state index contributed by atoms with van der Waals surface area (Å²) >= 11 is 0. The number of fused-ring (bicyclic) bond motifs is 1. The lowest BCUT2D eigenvalue weighted by Crippen LogP contribution is -2.15. The van der Waals surface area contributed by atoms with Crippen LogP contribution in [0.4, 0.5) is 5.69 Å². The zero-order chi connectivity index (χ0) is 18.0. The summed E-state index contributed by atoms with van der Waals surface area (Å²) in [6.07, 6.45) is 1.65. The topological polar surface area (TPSA) is 97.0 Å². The first-order chi connectivity index (χ1) is 12.0. The Kier molecular flexibility index (Phi) is 4.47. The molecule has 0 aliphatic rings. The normalized spacial score (nSPS) is 10.7. The minimum Gasteiger partial charge on any atom is -0.496 e. The van der Waals surface area contributed by atoms with Gasteiger partial charge in [0.1, 0.15) is 5.75 Å². The number of ketones is 1. The third kappa shape index (κ3) is 3.50. The van der Waals surface area contributed by atoms with Crippen molar-refractivity contribution in [2.24, 2.45) is 0 Å². The number of hydrogen-bond acceptors (Lipinski definition) is 5. The van der Waals surface area contributed by atoms with E-state index in [2.05, 4.69) is 20.5 Å². The van der Waals surface area contributed by atoms with Crippen molar-refractivity contribution in [2.75, 3.05) is 12.4 Å². The molecule has 0 radical (unpaired) electrons. The van der Waals surface area contributed by atoms with E-state index in [0.717, 1.165) is 11.1 Å². The third-order valence-electron chi connectivity index (χ3n) is 3.92. The number of aromatic nitrogens is 3. The molecule has 0 aliphatic carbocycles. The van der Waals surface area contributed by atoms with Gasteiger partial charge < -0.3 is 10.1 Å². The maximum absolute atomic E-state index is 12.4. The number of Topliss-reactive ketones (excluding diaryl/α,β-unsaturated/α-hetero) is 1. The van der Waals surface area contributed by atoms with Gasteiger partial charge in [-0.1, -0.05) is 0 Å². The van der Waals surface area contributed by atoms with Crippen LogP contribution >= 0.6 is 0 Å². The Bertz CT molecular complexity index is 962. The molecule has 1 amide bonds. The van der Waals surface area contributed by atoms with Gasteiger partial charge in [0.2, 0.25) is 5.91 Å². The molecule has 0 saturated heterocycles. The average Bonchev–Trinajstić information content (AvgIpc) is 2.95. The van der Waals surface area contributed by atoms with Gasteiger partial charge >= 0.3 is 0 Å². The van der Waals surface area contributed by atoms with Gasteiger partial charge in [-0.25, -0.2) is 4.98 Å². The van der Waals surface area contributed by atoms with Gasteiger partial charge in [-0.3, -0.25) is 14.7 Å². The van der Waals surface area contributed by atoms with Crippen LogP contribution in [0.3, 0.4) is 0 Å². The molecule has 0 spiro atoms. The molecule has 0 atom stereocenters. The summed E-state index contributed by atoms with van der Waals surface area (Å²) in [5, 5.41) is 10.6. The fraction of sp³-hybridized carbons (Fsp3) is 0.222. The van der Waals surface area contributed by atoms with E-state index in [4.69, 9.17) is 4.74 Å². The molecule has 7 nitrogen and oxygen atoms in total. The van der Waals surface area contributed by atoms with Crippen LogP contribution in [-0.4, -0.2) is 34.0 Å². The number of amides is 1. The van der Waals surface area contributed by atoms with Gasteiger partial charge in [0.25, 0.3) is 0 Å². The van der Waals surface area contributed by atoms with Crippen LogP contribution in [0.1, 0.15) is 28.5 Å². The fourth-order valence-electron chi connectivity index (χ4n) is 2.60. The molecule has 1 aromatic carbocycles. The standard InChI is InChI=1S/C18H18N4O3/c1-10-15-8-14(9-19-18(15)22-21-10)20-17(24)7-13-6-12(11(2)23)4-5-16(13)25-3/h4-6,8-9H,7H2,1-3H3,(H,20,24)(H,19,21,22). The van der Waals surface area contributed by atoms with Crippen molar-refractivity contribution in [3.63, 3.8) is 0 Å². The zero-order valence-corrected chi connectivity index (χ0v) is 14.2. The Morgan fingerprint density at radius 3 is 2.80 bits per heavy atom. The van der Waals surface area contributed by atoms with Crippen LogP contribution in [0.5, 0.6) is 5.75 Å². The van der Waals surface area contributed by atoms with E-state index in [0.29, 0.717) is 28.2 Å². The van der Waals surface area contributed by atoms with E-state index in [1.165, 1.54) is 14.0 Å². The predicted octanol–water partition coefficient (Wildman–Crippen LogP) is 2.66. The number of nitrogens with one attached hydrogen (secondary N) is 2. The van der Waals surface area contributed by atoms with Gasteiger partial charge in [0, 0.05) is 22.2 Å². The van der Waals surface area contributed by atoms with Crippen molar-refractivity contribution in [1.82, 2.24) is 15.2 Å². The number of H-pyrrole nitrogens is 1. The summed E-state index contributed by atoms with van der Waals surface area (Å²) in [4.78, 5) is 28.1. The van der Waals surface area contributed by atoms with Crippen LogP contribution in [0.15, 0.2) is 30.5 Å². The number of nitrogens with zero attached hydrogens (tertiary/aromatic N) is 2. The van der Waals surface area contributed by atoms with Gasteiger partial charge in [-0.15, -0.1) is 0 Å². The van der Waals surface area contributed by atoms with E-state index in [9.17, 15) is 9.59 Å². The molecule has 0 unspecified atom stereocenters. The Hall–Kier alpha value is -3.22. The van der Waals surface area contributed by atoms with Crippen molar-refractivity contribution in [3.05, 3.63) is 47.3 Å². The van der Waals surface area contributed by atoms with E-state index >= 15 is 0 Å². The summed E-state index contributed by atoms with van der Waals surface area (Å²) in [5.41, 5.74) is 3.27. The lowest BCUT2D eigenvalue weighted by Gasteiger charge is -2.10. The molecule has 2 aromatic heterocycles. The van der Waals surface area contributed by atoms with Gasteiger partial charge in [0.15, 0.2) is 11.4 Å². The van der Waals surface area contributed by atoms with E-state index in [1.807, 2.05) is 13.0 Å². The number of methoxy groups -OCH3 is 1. The van der Waals surface area contributed by atoms with Crippen LogP contribution in [0.25, 0.3) is 11.0 Å². The van der Waals surface area contributed by atoms with Crippen LogP contribution in [0, 0.1) is 6.92 Å². The second-order valence-corrected chi connectivity index (χ2v) is 5.75. The maximum atomic E-state index is 12.4. The first-order valence-electron chi connectivity index (χ1n) is 7.76. The monoisotopic (exact) mass is 338 g/mol. The van der Waals surface area contributed by atoms with Crippen LogP contribution < -0.4 is 10.1 Å². The number of hydrogen-bond donors (Lipinski definition) is 2. The van der Waals surface area contributed by atoms with Crippen molar-refractivity contribution < 1.29 is 14.3 Å². The van der Waals surface area contributed by atoms with E-state index in [1.54, 1.807) is 24.4 Å². The van der Waals surface area contributed by atoms with Gasteiger partial charge in [0.05, 0.1) is 25.4 Å². The van der Waals surface area contributed by atoms with Crippen molar-refractivity contribution >= 4 is 28.4 Å². The van der Waals surface area contributed by atoms with Gasteiger partial charge in [-0.05, 0) is 38.1 Å². The molecule has 0 fully saturated rings. The molecular formula is C18H18N4O3. The Morgan fingerprint density at radius 2 is 2.08 bits per heavy atom. The lowest BCUT2D eigenvalue weighted by molar-refractivity contribution is -0.115. The summed E-state index contributed by atoms with van der Waals surface area (Å²) in [6.45, 7) is 3.38. The smallest absolute Gasteiger partial charge is 0.228 e. The number of anilines is 1. The fourth-order valence-corrected chi connectivity index (χ4v) is 2.60. The molecule has 0 aliphatic heterocycles. The Labute approximate surface area is 144 Å². The van der Waals surface area contributed by atoms with Gasteiger partial charge in [-0.2, -0.15) is 5.10 Å². The van der Waals surface area contributed by atoms with Crippen molar-refractivity contribution in [1.29, 1.82) is 0 Å². The Morgan fingerprint density at radius 1 is 1.28 bits per heavy atom. The minimum absolute atomic E-state index is 0.0607. The highest BCUT2D eigenvalue weighted by atomic mass is 16.5.